The standard InChI is InChI=1S/C20H18N4O2/c1-11-12(5-4-6-22-11)17-7-13-14-8-18(25-2)19(26-3)9-16(14)23-10-15(13)20(21)24-17/h4-10H,1-3H3,(H2,21,24). The summed E-state index contributed by atoms with van der Waals surface area (Å²) in [5, 5.41) is 2.69. The van der Waals surface area contributed by atoms with Crippen LogP contribution in [0.15, 0.2) is 42.7 Å². The highest BCUT2D eigenvalue weighted by Crippen LogP contribution is 2.37. The number of anilines is 1. The molecule has 0 aliphatic heterocycles. The number of methoxy groups -OCH3 is 2. The molecule has 1 aromatic carbocycles. The van der Waals surface area contributed by atoms with Gasteiger partial charge in [-0.1, -0.05) is 0 Å². The number of aromatic nitrogens is 3. The van der Waals surface area contributed by atoms with Crippen molar-refractivity contribution in [3.8, 4) is 22.8 Å². The van der Waals surface area contributed by atoms with Gasteiger partial charge in [0.15, 0.2) is 11.5 Å². The summed E-state index contributed by atoms with van der Waals surface area (Å²) in [6.07, 6.45) is 3.51. The zero-order chi connectivity index (χ0) is 18.3. The number of hydrogen-bond acceptors (Lipinski definition) is 6. The van der Waals surface area contributed by atoms with E-state index in [1.54, 1.807) is 26.6 Å². The minimum atomic E-state index is 0.435. The summed E-state index contributed by atoms with van der Waals surface area (Å²) in [5.41, 5.74) is 9.67. The summed E-state index contributed by atoms with van der Waals surface area (Å²) in [5.74, 6) is 1.71. The molecule has 0 unspecified atom stereocenters. The third kappa shape index (κ3) is 2.47. The molecular weight excluding hydrogens is 328 g/mol. The van der Waals surface area contributed by atoms with Crippen LogP contribution in [-0.4, -0.2) is 29.2 Å². The van der Waals surface area contributed by atoms with Crippen LogP contribution in [-0.2, 0) is 0 Å². The van der Waals surface area contributed by atoms with E-state index in [9.17, 15) is 0 Å². The second-order valence-corrected chi connectivity index (χ2v) is 5.97. The normalized spacial score (nSPS) is 11.0. The lowest BCUT2D eigenvalue weighted by Crippen LogP contribution is -1.98. The lowest BCUT2D eigenvalue weighted by molar-refractivity contribution is 0.356. The van der Waals surface area contributed by atoms with E-state index in [4.69, 9.17) is 15.2 Å². The van der Waals surface area contributed by atoms with Crippen molar-refractivity contribution in [1.82, 2.24) is 15.0 Å². The first-order valence-corrected chi connectivity index (χ1v) is 8.15. The van der Waals surface area contributed by atoms with Crippen molar-refractivity contribution < 1.29 is 9.47 Å². The maximum atomic E-state index is 6.23. The molecule has 0 aliphatic carbocycles. The van der Waals surface area contributed by atoms with Gasteiger partial charge in [0, 0.05) is 40.5 Å². The van der Waals surface area contributed by atoms with Gasteiger partial charge in [0.25, 0.3) is 0 Å². The van der Waals surface area contributed by atoms with Crippen LogP contribution in [0.2, 0.25) is 0 Å². The zero-order valence-corrected chi connectivity index (χ0v) is 14.8. The molecule has 0 fully saturated rings. The molecular formula is C20H18N4O2. The van der Waals surface area contributed by atoms with Gasteiger partial charge in [0.2, 0.25) is 0 Å². The van der Waals surface area contributed by atoms with Crippen molar-refractivity contribution in [1.29, 1.82) is 0 Å². The molecule has 6 heteroatoms. The number of aryl methyl sites for hydroxylation is 1. The van der Waals surface area contributed by atoms with Gasteiger partial charge in [0.05, 0.1) is 25.4 Å². The Morgan fingerprint density at radius 1 is 0.923 bits per heavy atom. The van der Waals surface area contributed by atoms with Gasteiger partial charge < -0.3 is 15.2 Å². The Morgan fingerprint density at radius 3 is 2.42 bits per heavy atom. The molecule has 0 spiro atoms. The van der Waals surface area contributed by atoms with Gasteiger partial charge in [-0.25, -0.2) is 4.98 Å². The summed E-state index contributed by atoms with van der Waals surface area (Å²) >= 11 is 0. The van der Waals surface area contributed by atoms with Crippen LogP contribution in [0.5, 0.6) is 11.5 Å². The van der Waals surface area contributed by atoms with Crippen molar-refractivity contribution in [2.24, 2.45) is 0 Å². The molecule has 0 saturated carbocycles. The van der Waals surface area contributed by atoms with Crippen LogP contribution in [0.3, 0.4) is 0 Å². The molecule has 0 aliphatic rings. The smallest absolute Gasteiger partial charge is 0.162 e. The van der Waals surface area contributed by atoms with Crippen molar-refractivity contribution in [3.63, 3.8) is 0 Å². The van der Waals surface area contributed by atoms with Crippen LogP contribution in [0.4, 0.5) is 5.82 Å². The number of nitrogens with two attached hydrogens (primary N) is 1. The number of nitrogens with zero attached hydrogens (tertiary/aromatic N) is 3. The highest BCUT2D eigenvalue weighted by Gasteiger charge is 2.14. The predicted octanol–water partition coefficient (Wildman–Crippen LogP) is 3.75. The van der Waals surface area contributed by atoms with Crippen molar-refractivity contribution >= 4 is 27.5 Å². The Labute approximate surface area is 150 Å². The van der Waals surface area contributed by atoms with Crippen LogP contribution >= 0.6 is 0 Å². The summed E-state index contributed by atoms with van der Waals surface area (Å²) in [7, 11) is 3.22. The Hall–Kier alpha value is -3.41. The van der Waals surface area contributed by atoms with Crippen molar-refractivity contribution in [2.45, 2.75) is 6.92 Å². The highest BCUT2D eigenvalue weighted by atomic mass is 16.5. The van der Waals surface area contributed by atoms with Gasteiger partial charge in [-0.05, 0) is 36.6 Å². The highest BCUT2D eigenvalue weighted by molar-refractivity contribution is 6.10. The maximum Gasteiger partial charge on any atom is 0.162 e. The number of fused-ring (bicyclic) bond motifs is 3. The van der Waals surface area contributed by atoms with E-state index >= 15 is 0 Å². The van der Waals surface area contributed by atoms with Gasteiger partial charge in [-0.3, -0.25) is 9.97 Å². The molecule has 26 heavy (non-hydrogen) atoms. The summed E-state index contributed by atoms with van der Waals surface area (Å²) in [6.45, 7) is 1.95. The molecule has 0 atom stereocenters. The number of benzene rings is 1. The minimum absolute atomic E-state index is 0.435. The summed E-state index contributed by atoms with van der Waals surface area (Å²) in [6, 6.07) is 9.68. The fraction of sp³-hybridized carbons (Fsp3) is 0.150. The van der Waals surface area contributed by atoms with Gasteiger partial charge in [0.1, 0.15) is 5.82 Å². The number of rotatable bonds is 3. The third-order valence-electron chi connectivity index (χ3n) is 4.50. The van der Waals surface area contributed by atoms with Crippen LogP contribution < -0.4 is 15.2 Å². The maximum absolute atomic E-state index is 6.23. The van der Waals surface area contributed by atoms with E-state index in [0.29, 0.717) is 17.3 Å². The van der Waals surface area contributed by atoms with E-state index in [-0.39, 0.29) is 0 Å². The fourth-order valence-corrected chi connectivity index (χ4v) is 3.15. The van der Waals surface area contributed by atoms with E-state index in [2.05, 4.69) is 15.0 Å². The Kier molecular flexibility index (Phi) is 3.80. The lowest BCUT2D eigenvalue weighted by atomic mass is 10.0. The number of hydrogen-bond donors (Lipinski definition) is 1. The van der Waals surface area contributed by atoms with E-state index in [1.807, 2.05) is 37.3 Å². The molecule has 3 heterocycles. The molecule has 130 valence electrons. The van der Waals surface area contributed by atoms with Crippen LogP contribution in [0, 0.1) is 6.92 Å². The Bertz CT molecular complexity index is 1140. The van der Waals surface area contributed by atoms with Gasteiger partial charge >= 0.3 is 0 Å². The van der Waals surface area contributed by atoms with E-state index in [1.165, 1.54) is 0 Å². The van der Waals surface area contributed by atoms with E-state index in [0.717, 1.165) is 38.6 Å². The zero-order valence-electron chi connectivity index (χ0n) is 14.8. The van der Waals surface area contributed by atoms with Crippen molar-refractivity contribution in [2.75, 3.05) is 20.0 Å². The monoisotopic (exact) mass is 346 g/mol. The first-order chi connectivity index (χ1) is 12.6. The second kappa shape index (κ2) is 6.15. The predicted molar refractivity (Wildman–Crippen MR) is 103 cm³/mol. The fourth-order valence-electron chi connectivity index (χ4n) is 3.15. The summed E-state index contributed by atoms with van der Waals surface area (Å²) in [4.78, 5) is 13.4. The van der Waals surface area contributed by atoms with Crippen LogP contribution in [0.25, 0.3) is 32.9 Å². The number of pyridine rings is 3. The average Bonchev–Trinajstić information content (AvgIpc) is 2.66. The quantitative estimate of drug-likeness (QED) is 0.569. The average molecular weight is 346 g/mol. The molecule has 0 saturated heterocycles. The molecule has 0 bridgehead atoms. The minimum Gasteiger partial charge on any atom is -0.493 e. The van der Waals surface area contributed by atoms with E-state index < -0.39 is 0 Å². The van der Waals surface area contributed by atoms with Gasteiger partial charge in [-0.2, -0.15) is 0 Å². The molecule has 3 aromatic heterocycles. The Morgan fingerprint density at radius 2 is 1.69 bits per heavy atom. The first-order valence-electron chi connectivity index (χ1n) is 8.15. The molecule has 6 nitrogen and oxygen atoms in total. The largest absolute Gasteiger partial charge is 0.493 e. The SMILES string of the molecule is COc1cc2ncc3c(N)nc(-c4cccnc4C)cc3c2cc1OC. The molecule has 2 N–H and O–H groups in total. The van der Waals surface area contributed by atoms with Crippen molar-refractivity contribution in [3.05, 3.63) is 48.4 Å². The first kappa shape index (κ1) is 16.1. The number of ether oxygens (including phenoxy) is 2. The Balaban J connectivity index is 2.07. The topological polar surface area (TPSA) is 83.2 Å². The lowest BCUT2D eigenvalue weighted by Gasteiger charge is -2.12. The molecule has 0 radical (unpaired) electrons. The second-order valence-electron chi connectivity index (χ2n) is 5.97. The summed E-state index contributed by atoms with van der Waals surface area (Å²) < 4.78 is 10.8. The van der Waals surface area contributed by atoms with Crippen LogP contribution in [0.1, 0.15) is 5.69 Å². The molecule has 4 rings (SSSR count). The molecule has 4 aromatic rings. The number of nitrogen functional groups attached to an aromatic ring is 1. The third-order valence-corrected chi connectivity index (χ3v) is 4.50. The van der Waals surface area contributed by atoms with Gasteiger partial charge in [-0.15, -0.1) is 0 Å². The molecule has 0 amide bonds.